The normalized spacial score (nSPS) is 42.2. The zero-order chi connectivity index (χ0) is 8.39. The van der Waals surface area contributed by atoms with Gasteiger partial charge in [0.05, 0.1) is 0 Å². The van der Waals surface area contributed by atoms with Crippen molar-refractivity contribution in [2.75, 3.05) is 6.54 Å². The minimum absolute atomic E-state index is 0.566. The van der Waals surface area contributed by atoms with Crippen molar-refractivity contribution in [1.82, 2.24) is 10.7 Å². The van der Waals surface area contributed by atoms with Crippen LogP contribution in [0.5, 0.6) is 0 Å². The Balaban J connectivity index is 1.99. The summed E-state index contributed by atoms with van der Waals surface area (Å²) < 4.78 is 0. The lowest BCUT2D eigenvalue weighted by molar-refractivity contribution is 0.162. The zero-order valence-corrected chi connectivity index (χ0v) is 7.55. The van der Waals surface area contributed by atoms with Crippen LogP contribution in [0.25, 0.3) is 0 Å². The fourth-order valence-electron chi connectivity index (χ4n) is 2.74. The quantitative estimate of drug-likeness (QED) is 0.393. The third-order valence-electron chi connectivity index (χ3n) is 3.41. The van der Waals surface area contributed by atoms with Gasteiger partial charge in [-0.15, -0.1) is 0 Å². The molecule has 3 nitrogen and oxygen atoms in total. The molecule has 12 heavy (non-hydrogen) atoms. The first-order chi connectivity index (χ1) is 5.92. The van der Waals surface area contributed by atoms with Crippen LogP contribution in [0.1, 0.15) is 32.1 Å². The Labute approximate surface area is 74.1 Å². The molecule has 0 unspecified atom stereocenters. The fourth-order valence-corrected chi connectivity index (χ4v) is 2.74. The lowest BCUT2D eigenvalue weighted by atomic mass is 9.77. The molecule has 1 heterocycles. The van der Waals surface area contributed by atoms with Crippen LogP contribution >= 0.6 is 0 Å². The molecule has 1 saturated carbocycles. The summed E-state index contributed by atoms with van der Waals surface area (Å²) in [7, 11) is 0. The first-order valence-electron chi connectivity index (χ1n) is 5.11. The summed E-state index contributed by atoms with van der Waals surface area (Å²) in [6.07, 6.45) is 6.68. The second-order valence-corrected chi connectivity index (χ2v) is 4.07. The predicted octanol–water partition coefficient (Wildman–Crippen LogP) is 0.370. The van der Waals surface area contributed by atoms with E-state index in [2.05, 4.69) is 10.7 Å². The first-order valence-corrected chi connectivity index (χ1v) is 5.11. The summed E-state index contributed by atoms with van der Waals surface area (Å²) in [5.41, 5.74) is 2.96. The number of hydrazine groups is 1. The molecular weight excluding hydrogens is 150 g/mol. The molecule has 1 aliphatic carbocycles. The van der Waals surface area contributed by atoms with Gasteiger partial charge in [-0.2, -0.15) is 0 Å². The largest absolute Gasteiger partial charge is 0.314 e. The van der Waals surface area contributed by atoms with Crippen molar-refractivity contribution < 1.29 is 0 Å². The molecule has 0 bridgehead atoms. The number of rotatable bonds is 1. The van der Waals surface area contributed by atoms with Gasteiger partial charge in [-0.25, -0.2) is 0 Å². The monoisotopic (exact) mass is 169 g/mol. The van der Waals surface area contributed by atoms with E-state index in [-0.39, 0.29) is 0 Å². The summed E-state index contributed by atoms with van der Waals surface area (Å²) in [6, 6.07) is 1.31. The number of nitrogens with one attached hydrogen (secondary N) is 2. The summed E-state index contributed by atoms with van der Waals surface area (Å²) >= 11 is 0. The lowest BCUT2D eigenvalue weighted by Crippen LogP contribution is -2.56. The Bertz CT molecular complexity index is 140. The van der Waals surface area contributed by atoms with E-state index in [1.54, 1.807) is 0 Å². The van der Waals surface area contributed by atoms with Crippen molar-refractivity contribution in [2.45, 2.75) is 44.2 Å². The van der Waals surface area contributed by atoms with E-state index in [1.807, 2.05) is 0 Å². The van der Waals surface area contributed by atoms with Gasteiger partial charge in [0.1, 0.15) is 0 Å². The molecule has 0 spiro atoms. The third kappa shape index (κ3) is 1.49. The van der Waals surface area contributed by atoms with Crippen LogP contribution in [0.15, 0.2) is 0 Å². The molecule has 3 heteroatoms. The maximum absolute atomic E-state index is 5.53. The first kappa shape index (κ1) is 8.48. The van der Waals surface area contributed by atoms with Crippen LogP contribution in [0, 0.1) is 5.92 Å². The molecule has 2 fully saturated rings. The summed E-state index contributed by atoms with van der Waals surface area (Å²) in [5, 5.41) is 3.59. The number of fused-ring (bicyclic) bond motifs is 1. The van der Waals surface area contributed by atoms with Crippen LogP contribution in [-0.4, -0.2) is 18.6 Å². The van der Waals surface area contributed by atoms with Gasteiger partial charge in [0, 0.05) is 12.1 Å². The number of hydrogen-bond acceptors (Lipinski definition) is 3. The van der Waals surface area contributed by atoms with Crippen LogP contribution in [0.3, 0.4) is 0 Å². The second-order valence-electron chi connectivity index (χ2n) is 4.07. The molecule has 0 radical (unpaired) electrons. The Morgan fingerprint density at radius 2 is 2.00 bits per heavy atom. The van der Waals surface area contributed by atoms with Crippen LogP contribution in [0.4, 0.5) is 0 Å². The van der Waals surface area contributed by atoms with E-state index < -0.39 is 0 Å². The average molecular weight is 169 g/mol. The molecule has 3 atom stereocenters. The standard InChI is InChI=1S/C9H19N3/c10-12-9-5-6-11-8-4-2-1-3-7(8)9/h7-9,11-12H,1-6,10H2/t7-,8+,9-/m1/s1. The van der Waals surface area contributed by atoms with E-state index in [0.29, 0.717) is 6.04 Å². The Morgan fingerprint density at radius 3 is 2.83 bits per heavy atom. The minimum atomic E-state index is 0.566. The lowest BCUT2D eigenvalue weighted by Gasteiger charge is -2.41. The number of hydrogen-bond donors (Lipinski definition) is 3. The molecule has 2 rings (SSSR count). The van der Waals surface area contributed by atoms with Crippen molar-refractivity contribution >= 4 is 0 Å². The predicted molar refractivity (Wildman–Crippen MR) is 49.5 cm³/mol. The topological polar surface area (TPSA) is 50.1 Å². The maximum Gasteiger partial charge on any atom is 0.0265 e. The Kier molecular flexibility index (Phi) is 2.63. The molecule has 4 N–H and O–H groups in total. The molecule has 0 aromatic rings. The van der Waals surface area contributed by atoms with E-state index in [4.69, 9.17) is 5.84 Å². The van der Waals surface area contributed by atoms with Crippen LogP contribution in [0.2, 0.25) is 0 Å². The van der Waals surface area contributed by atoms with Gasteiger partial charge in [0.15, 0.2) is 0 Å². The fraction of sp³-hybridized carbons (Fsp3) is 1.00. The minimum Gasteiger partial charge on any atom is -0.314 e. The summed E-state index contributed by atoms with van der Waals surface area (Å²) in [5.74, 6) is 6.32. The highest BCUT2D eigenvalue weighted by Crippen LogP contribution is 2.30. The Morgan fingerprint density at radius 1 is 1.17 bits per heavy atom. The van der Waals surface area contributed by atoms with Gasteiger partial charge < -0.3 is 5.32 Å². The van der Waals surface area contributed by atoms with Gasteiger partial charge in [-0.05, 0) is 31.7 Å². The van der Waals surface area contributed by atoms with Gasteiger partial charge in [-0.3, -0.25) is 11.3 Å². The maximum atomic E-state index is 5.53. The molecule has 0 aromatic carbocycles. The molecule has 0 amide bonds. The highest BCUT2D eigenvalue weighted by molar-refractivity contribution is 4.92. The number of nitrogens with two attached hydrogens (primary N) is 1. The number of piperidine rings is 1. The van der Waals surface area contributed by atoms with E-state index in [9.17, 15) is 0 Å². The second kappa shape index (κ2) is 3.73. The molecule has 2 aliphatic rings. The van der Waals surface area contributed by atoms with E-state index >= 15 is 0 Å². The molecule has 70 valence electrons. The highest BCUT2D eigenvalue weighted by Gasteiger charge is 2.33. The molecule has 1 aliphatic heterocycles. The summed E-state index contributed by atoms with van der Waals surface area (Å²) in [6.45, 7) is 1.13. The van der Waals surface area contributed by atoms with E-state index in [1.165, 1.54) is 32.1 Å². The van der Waals surface area contributed by atoms with Gasteiger partial charge in [0.2, 0.25) is 0 Å². The highest BCUT2D eigenvalue weighted by atomic mass is 15.2. The third-order valence-corrected chi connectivity index (χ3v) is 3.41. The molecule has 0 aromatic heterocycles. The summed E-state index contributed by atoms with van der Waals surface area (Å²) in [4.78, 5) is 0. The van der Waals surface area contributed by atoms with Crippen LogP contribution < -0.4 is 16.6 Å². The van der Waals surface area contributed by atoms with Crippen molar-refractivity contribution in [3.05, 3.63) is 0 Å². The SMILES string of the molecule is NN[C@@H]1CCN[C@H]2CCCC[C@H]21. The van der Waals surface area contributed by atoms with E-state index in [0.717, 1.165) is 18.5 Å². The molecule has 1 saturated heterocycles. The van der Waals surface area contributed by atoms with Crippen LogP contribution in [-0.2, 0) is 0 Å². The van der Waals surface area contributed by atoms with Gasteiger partial charge in [-0.1, -0.05) is 12.8 Å². The van der Waals surface area contributed by atoms with Gasteiger partial charge in [0.25, 0.3) is 0 Å². The Hall–Kier alpha value is -0.120. The average Bonchev–Trinajstić information content (AvgIpc) is 2.17. The van der Waals surface area contributed by atoms with Crippen molar-refractivity contribution in [3.8, 4) is 0 Å². The van der Waals surface area contributed by atoms with Gasteiger partial charge >= 0.3 is 0 Å². The van der Waals surface area contributed by atoms with Crippen molar-refractivity contribution in [3.63, 3.8) is 0 Å². The molecular formula is C9H19N3. The van der Waals surface area contributed by atoms with Crippen molar-refractivity contribution in [1.29, 1.82) is 0 Å². The van der Waals surface area contributed by atoms with Crippen molar-refractivity contribution in [2.24, 2.45) is 11.8 Å². The zero-order valence-electron chi connectivity index (χ0n) is 7.55. The smallest absolute Gasteiger partial charge is 0.0265 e.